The molecule has 1 aromatic carbocycles. The number of ether oxygens (including phenoxy) is 1. The Morgan fingerprint density at radius 3 is 2.90 bits per heavy atom. The molecule has 1 fully saturated rings. The van der Waals surface area contributed by atoms with Gasteiger partial charge >= 0.3 is 0 Å². The van der Waals surface area contributed by atoms with Crippen molar-refractivity contribution in [2.24, 2.45) is 5.92 Å². The fraction of sp³-hybridized carbons (Fsp3) is 0.625. The summed E-state index contributed by atoms with van der Waals surface area (Å²) in [5.74, 6) is 0.668. The lowest BCUT2D eigenvalue weighted by atomic mass is 10.2. The van der Waals surface area contributed by atoms with E-state index in [0.717, 1.165) is 31.1 Å². The van der Waals surface area contributed by atoms with Crippen LogP contribution >= 0.6 is 23.4 Å². The molecule has 0 radical (unpaired) electrons. The molecule has 1 aliphatic rings. The van der Waals surface area contributed by atoms with Crippen LogP contribution in [-0.2, 0) is 11.3 Å². The molecular formula is C16H24ClNOS. The second kappa shape index (κ2) is 7.69. The molecule has 2 unspecified atom stereocenters. The average molecular weight is 314 g/mol. The number of nitrogens with one attached hydrogen (secondary N) is 1. The zero-order chi connectivity index (χ0) is 14.5. The molecule has 1 N–H and O–H groups in total. The molecular weight excluding hydrogens is 290 g/mol. The van der Waals surface area contributed by atoms with Gasteiger partial charge < -0.3 is 10.1 Å². The third-order valence-electron chi connectivity index (χ3n) is 3.48. The van der Waals surface area contributed by atoms with Gasteiger partial charge in [-0.15, -0.1) is 11.8 Å². The Hall–Kier alpha value is -0.220. The van der Waals surface area contributed by atoms with E-state index < -0.39 is 0 Å². The van der Waals surface area contributed by atoms with E-state index in [-0.39, 0.29) is 0 Å². The van der Waals surface area contributed by atoms with Crippen molar-refractivity contribution in [3.8, 4) is 0 Å². The largest absolute Gasteiger partial charge is 0.377 e. The van der Waals surface area contributed by atoms with Crippen molar-refractivity contribution in [2.75, 3.05) is 13.2 Å². The smallest absolute Gasteiger partial charge is 0.0669 e. The van der Waals surface area contributed by atoms with E-state index in [1.54, 1.807) is 0 Å². The molecule has 4 heteroatoms. The fourth-order valence-corrected chi connectivity index (χ4v) is 3.84. The highest BCUT2D eigenvalue weighted by molar-refractivity contribution is 8.00. The molecule has 112 valence electrons. The van der Waals surface area contributed by atoms with Crippen LogP contribution in [0.15, 0.2) is 23.1 Å². The summed E-state index contributed by atoms with van der Waals surface area (Å²) in [6, 6.07) is 6.20. The Morgan fingerprint density at radius 1 is 1.45 bits per heavy atom. The Morgan fingerprint density at radius 2 is 2.25 bits per heavy atom. The van der Waals surface area contributed by atoms with E-state index in [1.807, 2.05) is 17.8 Å². The molecule has 0 spiro atoms. The maximum Gasteiger partial charge on any atom is 0.0669 e. The quantitative estimate of drug-likeness (QED) is 0.843. The van der Waals surface area contributed by atoms with Gasteiger partial charge in [-0.25, -0.2) is 0 Å². The minimum absolute atomic E-state index is 0.329. The van der Waals surface area contributed by atoms with Gasteiger partial charge in [-0.2, -0.15) is 0 Å². The molecule has 1 heterocycles. The van der Waals surface area contributed by atoms with Crippen molar-refractivity contribution in [3.63, 3.8) is 0 Å². The summed E-state index contributed by atoms with van der Waals surface area (Å²) in [6.45, 7) is 9.42. The van der Waals surface area contributed by atoms with Crippen molar-refractivity contribution in [3.05, 3.63) is 28.8 Å². The topological polar surface area (TPSA) is 21.3 Å². The predicted octanol–water partition coefficient (Wildman–Crippen LogP) is 4.36. The predicted molar refractivity (Wildman–Crippen MR) is 87.7 cm³/mol. The van der Waals surface area contributed by atoms with Crippen molar-refractivity contribution in [1.29, 1.82) is 0 Å². The summed E-state index contributed by atoms with van der Waals surface area (Å²) < 4.78 is 5.65. The highest BCUT2D eigenvalue weighted by Crippen LogP contribution is 2.35. The summed E-state index contributed by atoms with van der Waals surface area (Å²) in [6.07, 6.45) is 1.45. The summed E-state index contributed by atoms with van der Waals surface area (Å²) in [7, 11) is 0. The van der Waals surface area contributed by atoms with Crippen LogP contribution in [0.25, 0.3) is 0 Å². The first-order chi connectivity index (χ1) is 9.56. The Kier molecular flexibility index (Phi) is 6.21. The molecule has 0 bridgehead atoms. The molecule has 2 nitrogen and oxygen atoms in total. The highest BCUT2D eigenvalue weighted by atomic mass is 35.5. The van der Waals surface area contributed by atoms with Crippen molar-refractivity contribution >= 4 is 23.4 Å². The number of hydrogen-bond donors (Lipinski definition) is 1. The van der Waals surface area contributed by atoms with Crippen LogP contribution in [0.1, 0.15) is 32.8 Å². The molecule has 1 aromatic rings. The monoisotopic (exact) mass is 313 g/mol. The van der Waals surface area contributed by atoms with Gasteiger partial charge in [-0.1, -0.05) is 31.5 Å². The first-order valence-electron chi connectivity index (χ1n) is 7.33. The molecule has 0 saturated carbocycles. The summed E-state index contributed by atoms with van der Waals surface area (Å²) in [4.78, 5) is 1.29. The summed E-state index contributed by atoms with van der Waals surface area (Å²) in [5, 5.41) is 4.86. The Balaban J connectivity index is 2.03. The van der Waals surface area contributed by atoms with Gasteiger partial charge in [0.05, 0.1) is 6.10 Å². The zero-order valence-corrected chi connectivity index (χ0v) is 14.1. The van der Waals surface area contributed by atoms with E-state index >= 15 is 0 Å². The third-order valence-corrected chi connectivity index (χ3v) is 5.27. The molecule has 0 aromatic heterocycles. The fourth-order valence-electron chi connectivity index (χ4n) is 2.31. The van der Waals surface area contributed by atoms with Crippen LogP contribution in [0.2, 0.25) is 5.02 Å². The number of thioether (sulfide) groups is 1. The van der Waals surface area contributed by atoms with E-state index in [2.05, 4.69) is 38.2 Å². The molecule has 1 saturated heterocycles. The number of hydrogen-bond acceptors (Lipinski definition) is 3. The summed E-state index contributed by atoms with van der Waals surface area (Å²) in [5.41, 5.74) is 1.33. The molecule has 20 heavy (non-hydrogen) atoms. The average Bonchev–Trinajstić information content (AvgIpc) is 2.77. The Bertz CT molecular complexity index is 438. The van der Waals surface area contributed by atoms with Gasteiger partial charge in [0.1, 0.15) is 0 Å². The second-order valence-corrected chi connectivity index (χ2v) is 7.52. The normalized spacial score (nSPS) is 22.6. The van der Waals surface area contributed by atoms with Crippen LogP contribution in [0.3, 0.4) is 0 Å². The number of rotatable bonds is 6. The van der Waals surface area contributed by atoms with Gasteiger partial charge in [0.25, 0.3) is 0 Å². The van der Waals surface area contributed by atoms with Crippen molar-refractivity contribution in [1.82, 2.24) is 5.32 Å². The van der Waals surface area contributed by atoms with Crippen molar-refractivity contribution < 1.29 is 4.74 Å². The Labute approximate surface area is 131 Å². The molecule has 2 rings (SSSR count). The molecule has 2 atom stereocenters. The van der Waals surface area contributed by atoms with Crippen LogP contribution in [0, 0.1) is 5.92 Å². The highest BCUT2D eigenvalue weighted by Gasteiger charge is 2.25. The van der Waals surface area contributed by atoms with E-state index in [9.17, 15) is 0 Å². The lowest BCUT2D eigenvalue weighted by Gasteiger charge is -2.17. The second-order valence-electron chi connectivity index (χ2n) is 5.80. The maximum absolute atomic E-state index is 6.16. The summed E-state index contributed by atoms with van der Waals surface area (Å²) >= 11 is 8.07. The number of benzene rings is 1. The van der Waals surface area contributed by atoms with Gasteiger partial charge in [0, 0.05) is 28.3 Å². The number of halogens is 1. The van der Waals surface area contributed by atoms with Crippen LogP contribution in [0.4, 0.5) is 0 Å². The minimum atomic E-state index is 0.329. The van der Waals surface area contributed by atoms with Gasteiger partial charge in [-0.3, -0.25) is 0 Å². The van der Waals surface area contributed by atoms with Gasteiger partial charge in [0.2, 0.25) is 0 Å². The molecule has 0 aliphatic carbocycles. The van der Waals surface area contributed by atoms with E-state index in [0.29, 0.717) is 17.3 Å². The van der Waals surface area contributed by atoms with Crippen LogP contribution in [0.5, 0.6) is 0 Å². The first kappa shape index (κ1) is 16.2. The molecule has 1 aliphatic heterocycles. The standard InChI is InChI=1S/C16H24ClNOS/c1-11(2)9-18-10-13-4-5-14(17)8-16(13)20-15-6-7-19-12(15)3/h4-5,8,11-12,15,18H,6-7,9-10H2,1-3H3. The minimum Gasteiger partial charge on any atom is -0.377 e. The first-order valence-corrected chi connectivity index (χ1v) is 8.59. The maximum atomic E-state index is 6.16. The van der Waals surface area contributed by atoms with E-state index in [4.69, 9.17) is 16.3 Å². The van der Waals surface area contributed by atoms with Crippen LogP contribution in [-0.4, -0.2) is 24.5 Å². The van der Waals surface area contributed by atoms with Crippen LogP contribution < -0.4 is 5.32 Å². The van der Waals surface area contributed by atoms with Crippen molar-refractivity contribution in [2.45, 2.75) is 50.0 Å². The SMILES string of the molecule is CC(C)CNCc1ccc(Cl)cc1SC1CCOC1C. The lowest BCUT2D eigenvalue weighted by molar-refractivity contribution is 0.127. The molecule has 0 amide bonds. The van der Waals surface area contributed by atoms with E-state index in [1.165, 1.54) is 10.5 Å². The lowest BCUT2D eigenvalue weighted by Crippen LogP contribution is -2.20. The zero-order valence-electron chi connectivity index (χ0n) is 12.5. The third kappa shape index (κ3) is 4.66. The van der Waals surface area contributed by atoms with Gasteiger partial charge in [0.15, 0.2) is 0 Å². The van der Waals surface area contributed by atoms with Gasteiger partial charge in [-0.05, 0) is 43.5 Å².